The van der Waals surface area contributed by atoms with E-state index in [2.05, 4.69) is 5.32 Å². The summed E-state index contributed by atoms with van der Waals surface area (Å²) in [5.41, 5.74) is 1.08. The third-order valence-electron chi connectivity index (χ3n) is 1.58. The standard InChI is InChI=1S/C9H9FINO/c1-6-2-3-7(4-8(6)10)12-9(13)5-11/h2-4H,5H2,1H3,(H,12,13). The minimum Gasteiger partial charge on any atom is -0.325 e. The number of hydrogen-bond donors (Lipinski definition) is 1. The van der Waals surface area contributed by atoms with Crippen molar-refractivity contribution < 1.29 is 9.18 Å². The van der Waals surface area contributed by atoms with E-state index < -0.39 is 0 Å². The summed E-state index contributed by atoms with van der Waals surface area (Å²) in [6, 6.07) is 4.64. The number of nitrogens with one attached hydrogen (secondary N) is 1. The van der Waals surface area contributed by atoms with E-state index in [1.807, 2.05) is 22.6 Å². The molecule has 0 radical (unpaired) electrons. The highest BCUT2D eigenvalue weighted by molar-refractivity contribution is 14.1. The van der Waals surface area contributed by atoms with Crippen molar-refractivity contribution in [3.8, 4) is 0 Å². The zero-order chi connectivity index (χ0) is 9.84. The normalized spacial score (nSPS) is 9.77. The van der Waals surface area contributed by atoms with Gasteiger partial charge >= 0.3 is 0 Å². The minimum atomic E-state index is -0.300. The highest BCUT2D eigenvalue weighted by Crippen LogP contribution is 2.13. The fourth-order valence-electron chi connectivity index (χ4n) is 0.865. The van der Waals surface area contributed by atoms with Crippen LogP contribution in [0.5, 0.6) is 0 Å². The Balaban J connectivity index is 2.79. The third kappa shape index (κ3) is 2.95. The molecular weight excluding hydrogens is 284 g/mol. The topological polar surface area (TPSA) is 29.1 Å². The lowest BCUT2D eigenvalue weighted by Gasteiger charge is -2.03. The van der Waals surface area contributed by atoms with Gasteiger partial charge in [-0.05, 0) is 24.6 Å². The van der Waals surface area contributed by atoms with E-state index in [4.69, 9.17) is 0 Å². The van der Waals surface area contributed by atoms with Crippen LogP contribution in [-0.2, 0) is 4.79 Å². The van der Waals surface area contributed by atoms with Crippen LogP contribution in [-0.4, -0.2) is 10.3 Å². The Morgan fingerprint density at radius 3 is 2.85 bits per heavy atom. The van der Waals surface area contributed by atoms with Gasteiger partial charge in [0.2, 0.25) is 5.91 Å². The van der Waals surface area contributed by atoms with Gasteiger partial charge in [-0.3, -0.25) is 4.79 Å². The Hall–Kier alpha value is -0.650. The molecule has 70 valence electrons. The van der Waals surface area contributed by atoms with Crippen molar-refractivity contribution in [3.05, 3.63) is 29.6 Å². The molecule has 13 heavy (non-hydrogen) atoms. The van der Waals surface area contributed by atoms with Gasteiger partial charge in [0.25, 0.3) is 0 Å². The maximum absolute atomic E-state index is 13.0. The number of aryl methyl sites for hydroxylation is 1. The van der Waals surface area contributed by atoms with Gasteiger partial charge < -0.3 is 5.32 Å². The summed E-state index contributed by atoms with van der Waals surface area (Å²) in [7, 11) is 0. The molecule has 1 rings (SSSR count). The molecule has 0 aromatic heterocycles. The van der Waals surface area contributed by atoms with Gasteiger partial charge in [0.15, 0.2) is 0 Å². The van der Waals surface area contributed by atoms with E-state index in [9.17, 15) is 9.18 Å². The first kappa shape index (κ1) is 10.4. The van der Waals surface area contributed by atoms with Gasteiger partial charge in [0, 0.05) is 5.69 Å². The Morgan fingerprint density at radius 1 is 1.62 bits per heavy atom. The molecule has 0 saturated carbocycles. The third-order valence-corrected chi connectivity index (χ3v) is 2.27. The van der Waals surface area contributed by atoms with Crippen molar-refractivity contribution in [2.24, 2.45) is 0 Å². The second-order valence-corrected chi connectivity index (χ2v) is 3.41. The smallest absolute Gasteiger partial charge is 0.234 e. The van der Waals surface area contributed by atoms with Crippen LogP contribution in [0.15, 0.2) is 18.2 Å². The molecule has 0 fully saturated rings. The average Bonchev–Trinajstić information content (AvgIpc) is 2.11. The molecule has 0 bridgehead atoms. The number of hydrogen-bond acceptors (Lipinski definition) is 1. The Bertz CT molecular complexity index is 327. The molecule has 0 atom stereocenters. The number of halogens is 2. The molecule has 0 unspecified atom stereocenters. The van der Waals surface area contributed by atoms with Gasteiger partial charge in [-0.1, -0.05) is 28.7 Å². The van der Waals surface area contributed by atoms with E-state index >= 15 is 0 Å². The highest BCUT2D eigenvalue weighted by atomic mass is 127. The van der Waals surface area contributed by atoms with Crippen LogP contribution in [0.1, 0.15) is 5.56 Å². The number of carbonyl (C=O) groups is 1. The zero-order valence-electron chi connectivity index (χ0n) is 7.10. The highest BCUT2D eigenvalue weighted by Gasteiger charge is 2.02. The lowest BCUT2D eigenvalue weighted by atomic mass is 10.2. The molecule has 0 saturated heterocycles. The number of carbonyl (C=O) groups excluding carboxylic acids is 1. The molecule has 0 spiro atoms. The second kappa shape index (κ2) is 4.55. The molecule has 1 aromatic carbocycles. The summed E-state index contributed by atoms with van der Waals surface area (Å²) in [4.78, 5) is 10.9. The minimum absolute atomic E-state index is 0.121. The van der Waals surface area contributed by atoms with Crippen molar-refractivity contribution in [1.82, 2.24) is 0 Å². The molecule has 1 amide bonds. The summed E-state index contributed by atoms with van der Waals surface area (Å²) in [5.74, 6) is -0.421. The van der Waals surface area contributed by atoms with Gasteiger partial charge in [-0.2, -0.15) is 0 Å². The molecule has 0 aliphatic rings. The molecule has 1 aromatic rings. The number of amides is 1. The average molecular weight is 293 g/mol. The summed E-state index contributed by atoms with van der Waals surface area (Å²) in [6.07, 6.45) is 0. The van der Waals surface area contributed by atoms with Crippen molar-refractivity contribution in [2.75, 3.05) is 9.74 Å². The molecular formula is C9H9FINO. The van der Waals surface area contributed by atoms with Crippen molar-refractivity contribution in [3.63, 3.8) is 0 Å². The number of alkyl halides is 1. The fraction of sp³-hybridized carbons (Fsp3) is 0.222. The second-order valence-electron chi connectivity index (χ2n) is 2.65. The molecule has 0 aliphatic heterocycles. The van der Waals surface area contributed by atoms with E-state index in [0.29, 0.717) is 15.7 Å². The Labute approximate surface area is 89.7 Å². The maximum atomic E-state index is 13.0. The van der Waals surface area contributed by atoms with Crippen LogP contribution in [0, 0.1) is 12.7 Å². The lowest BCUT2D eigenvalue weighted by molar-refractivity contribution is -0.113. The zero-order valence-corrected chi connectivity index (χ0v) is 9.26. The van der Waals surface area contributed by atoms with Crippen LogP contribution in [0.2, 0.25) is 0 Å². The summed E-state index contributed by atoms with van der Waals surface area (Å²) in [5, 5.41) is 2.57. The molecule has 1 N–H and O–H groups in total. The quantitative estimate of drug-likeness (QED) is 0.659. The number of benzene rings is 1. The SMILES string of the molecule is Cc1ccc(NC(=O)CI)cc1F. The van der Waals surface area contributed by atoms with E-state index in [1.54, 1.807) is 19.1 Å². The van der Waals surface area contributed by atoms with Crippen LogP contribution in [0.25, 0.3) is 0 Å². The molecule has 0 aliphatic carbocycles. The summed E-state index contributed by atoms with van der Waals surface area (Å²) >= 11 is 1.95. The predicted molar refractivity (Wildman–Crippen MR) is 58.7 cm³/mol. The van der Waals surface area contributed by atoms with E-state index in [1.165, 1.54) is 6.07 Å². The first-order valence-electron chi connectivity index (χ1n) is 3.75. The summed E-state index contributed by atoms with van der Waals surface area (Å²) < 4.78 is 13.3. The van der Waals surface area contributed by atoms with Crippen LogP contribution >= 0.6 is 22.6 Å². The monoisotopic (exact) mass is 293 g/mol. The van der Waals surface area contributed by atoms with E-state index in [-0.39, 0.29) is 11.7 Å². The molecule has 0 heterocycles. The first-order valence-corrected chi connectivity index (χ1v) is 5.28. The molecule has 2 nitrogen and oxygen atoms in total. The first-order chi connectivity index (χ1) is 6.13. The Kier molecular flexibility index (Phi) is 3.65. The van der Waals surface area contributed by atoms with Crippen molar-refractivity contribution in [1.29, 1.82) is 0 Å². The largest absolute Gasteiger partial charge is 0.325 e. The number of rotatable bonds is 2. The fourth-order valence-corrected chi connectivity index (χ4v) is 1.06. The number of anilines is 1. The van der Waals surface area contributed by atoms with Crippen molar-refractivity contribution in [2.45, 2.75) is 6.92 Å². The molecule has 4 heteroatoms. The maximum Gasteiger partial charge on any atom is 0.234 e. The van der Waals surface area contributed by atoms with Gasteiger partial charge in [-0.25, -0.2) is 4.39 Å². The summed E-state index contributed by atoms with van der Waals surface area (Å²) in [6.45, 7) is 1.68. The van der Waals surface area contributed by atoms with Crippen LogP contribution < -0.4 is 5.32 Å². The van der Waals surface area contributed by atoms with Gasteiger partial charge in [-0.15, -0.1) is 0 Å². The van der Waals surface area contributed by atoms with Crippen LogP contribution in [0.3, 0.4) is 0 Å². The lowest BCUT2D eigenvalue weighted by Crippen LogP contribution is -2.12. The van der Waals surface area contributed by atoms with Crippen LogP contribution in [0.4, 0.5) is 10.1 Å². The van der Waals surface area contributed by atoms with Gasteiger partial charge in [0.05, 0.1) is 4.43 Å². The van der Waals surface area contributed by atoms with Gasteiger partial charge in [0.1, 0.15) is 5.82 Å². The van der Waals surface area contributed by atoms with E-state index in [0.717, 1.165) is 0 Å². The predicted octanol–water partition coefficient (Wildman–Crippen LogP) is 2.51. The van der Waals surface area contributed by atoms with Crippen molar-refractivity contribution >= 4 is 34.2 Å². The Morgan fingerprint density at radius 2 is 2.31 bits per heavy atom.